The number of aromatic nitrogens is 4. The number of aliphatic hydroxyl groups excluding tert-OH is 1. The first-order valence-electron chi connectivity index (χ1n) is 10.1. The van der Waals surface area contributed by atoms with Crippen molar-refractivity contribution in [3.05, 3.63) is 38.1 Å². The second-order valence-corrected chi connectivity index (χ2v) is 11.0. The van der Waals surface area contributed by atoms with Gasteiger partial charge in [-0.25, -0.2) is 15.0 Å². The van der Waals surface area contributed by atoms with Crippen molar-refractivity contribution in [2.24, 2.45) is 0 Å². The van der Waals surface area contributed by atoms with Crippen molar-refractivity contribution in [3.8, 4) is 0 Å². The van der Waals surface area contributed by atoms with E-state index in [0.29, 0.717) is 30.1 Å². The van der Waals surface area contributed by atoms with Gasteiger partial charge < -0.3 is 20.7 Å². The monoisotopic (exact) mass is 538 g/mol. The fourth-order valence-corrected chi connectivity index (χ4v) is 5.48. The molecule has 0 saturated carbocycles. The fraction of sp³-hybridized carbons (Fsp3) is 0.476. The smallest absolute Gasteiger partial charge is 0.175 e. The van der Waals surface area contributed by atoms with Crippen molar-refractivity contribution in [2.75, 3.05) is 12.3 Å². The second-order valence-electron chi connectivity index (χ2n) is 8.71. The molecule has 0 aliphatic heterocycles. The highest BCUT2D eigenvalue weighted by Gasteiger charge is 2.24. The summed E-state index contributed by atoms with van der Waals surface area (Å²) >= 11 is 4.04. The lowest BCUT2D eigenvalue weighted by molar-refractivity contribution is 0.140. The van der Waals surface area contributed by atoms with Gasteiger partial charge in [-0.15, -0.1) is 0 Å². The number of β-amino-alcohol motifs (C(OH)–C–C–N with tert-alkyl or cyclic N) is 1. The first-order chi connectivity index (χ1) is 14.2. The average Bonchev–Trinajstić information content (AvgIpc) is 3.25. The van der Waals surface area contributed by atoms with Crippen LogP contribution in [-0.2, 0) is 6.54 Å². The highest BCUT2D eigenvalue weighted by atomic mass is 127. The number of fused-ring (bicyclic) bond motifs is 2. The lowest BCUT2D eigenvalue weighted by Gasteiger charge is -2.23. The first kappa shape index (κ1) is 21.8. The van der Waals surface area contributed by atoms with Gasteiger partial charge in [-0.2, -0.15) is 0 Å². The molecular weight excluding hydrogens is 511 g/mol. The lowest BCUT2D eigenvalue weighted by Crippen LogP contribution is -2.42. The molecular formula is C21H27IN6OS. The van der Waals surface area contributed by atoms with Gasteiger partial charge in [0, 0.05) is 27.0 Å². The van der Waals surface area contributed by atoms with E-state index in [0.717, 1.165) is 24.4 Å². The van der Waals surface area contributed by atoms with Gasteiger partial charge in [-0.1, -0.05) is 17.8 Å². The van der Waals surface area contributed by atoms with Gasteiger partial charge in [-0.05, 0) is 73.4 Å². The molecule has 9 heteroatoms. The predicted octanol–water partition coefficient (Wildman–Crippen LogP) is 3.95. The molecule has 0 saturated heterocycles. The number of hydrogen-bond donors (Lipinski definition) is 3. The van der Waals surface area contributed by atoms with Gasteiger partial charge in [0.1, 0.15) is 6.33 Å². The second kappa shape index (κ2) is 8.60. The van der Waals surface area contributed by atoms with Crippen LogP contribution in [0.25, 0.3) is 11.2 Å². The summed E-state index contributed by atoms with van der Waals surface area (Å²) in [6, 6.07) is 0. The van der Waals surface area contributed by atoms with E-state index in [1.807, 2.05) is 4.57 Å². The van der Waals surface area contributed by atoms with Gasteiger partial charge in [0.05, 0.1) is 12.6 Å². The third-order valence-electron chi connectivity index (χ3n) is 5.12. The van der Waals surface area contributed by atoms with Crippen molar-refractivity contribution in [2.45, 2.75) is 63.4 Å². The molecule has 0 aromatic carbocycles. The maximum absolute atomic E-state index is 10.7. The van der Waals surface area contributed by atoms with Gasteiger partial charge in [-0.3, -0.25) is 0 Å². The zero-order valence-corrected chi connectivity index (χ0v) is 20.4. The van der Waals surface area contributed by atoms with Crippen LogP contribution in [-0.4, -0.2) is 42.8 Å². The molecule has 0 bridgehead atoms. The Morgan fingerprint density at radius 1 is 1.33 bits per heavy atom. The maximum Gasteiger partial charge on any atom is 0.175 e. The zero-order chi connectivity index (χ0) is 21.5. The Balaban J connectivity index is 1.65. The molecule has 0 radical (unpaired) electrons. The average molecular weight is 538 g/mol. The quantitative estimate of drug-likeness (QED) is 0.479. The van der Waals surface area contributed by atoms with Crippen LogP contribution in [0.2, 0.25) is 0 Å². The number of rotatable bonds is 6. The van der Waals surface area contributed by atoms with Crippen molar-refractivity contribution in [3.63, 3.8) is 0 Å². The van der Waals surface area contributed by atoms with Gasteiger partial charge in [0.2, 0.25) is 0 Å². The minimum Gasteiger partial charge on any atom is -0.390 e. The lowest BCUT2D eigenvalue weighted by atomic mass is 10.0. The molecule has 1 unspecified atom stereocenters. The van der Waals surface area contributed by atoms with E-state index in [1.165, 1.54) is 26.0 Å². The number of halogens is 1. The number of thioether (sulfide) groups is 1. The number of nitrogens with zero attached hydrogens (tertiary/aromatic N) is 4. The number of imidazole rings is 1. The number of hydrogen-bond acceptors (Lipinski definition) is 7. The largest absolute Gasteiger partial charge is 0.390 e. The van der Waals surface area contributed by atoms with Crippen molar-refractivity contribution in [1.29, 1.82) is 0 Å². The molecule has 4 N–H and O–H groups in total. The molecule has 2 aromatic rings. The number of nitrogen functional groups attached to an aromatic ring is 1. The van der Waals surface area contributed by atoms with Crippen molar-refractivity contribution < 1.29 is 5.11 Å². The standard InChI is InChI=1S/C21H27IN6OS/c1-21(2,3)26-9-14(29)10-28-19-17(18(23)24-11-25-19)27-20(28)30-16-8-13-6-4-5-12(13)7-15(16)22/h5,8,11,14,26,29H,4,6-7,9-10H2,1-3H3,(H2,23,24,25). The van der Waals surface area contributed by atoms with Crippen LogP contribution in [0.5, 0.6) is 0 Å². The van der Waals surface area contributed by atoms with E-state index in [4.69, 9.17) is 10.7 Å². The first-order valence-corrected chi connectivity index (χ1v) is 12.0. The molecule has 4 rings (SSSR count). The minimum absolute atomic E-state index is 0.0656. The third kappa shape index (κ3) is 4.74. The van der Waals surface area contributed by atoms with E-state index >= 15 is 0 Å². The molecule has 7 nitrogen and oxygen atoms in total. The SMILES string of the molecule is CC(C)(C)NCC(O)Cn1c(SC2=C(I)CC3=CCCC3=C2)nc2c(N)ncnc21. The minimum atomic E-state index is -0.584. The van der Waals surface area contributed by atoms with Crippen LogP contribution >= 0.6 is 34.4 Å². The number of aliphatic hydroxyl groups is 1. The van der Waals surface area contributed by atoms with Crippen LogP contribution in [0.1, 0.15) is 40.0 Å². The Morgan fingerprint density at radius 2 is 2.13 bits per heavy atom. The van der Waals surface area contributed by atoms with Crippen LogP contribution in [0, 0.1) is 0 Å². The summed E-state index contributed by atoms with van der Waals surface area (Å²) in [4.78, 5) is 14.5. The summed E-state index contributed by atoms with van der Waals surface area (Å²) in [7, 11) is 0. The summed E-state index contributed by atoms with van der Waals surface area (Å²) in [5.41, 5.74) is 10.1. The molecule has 1 atom stereocenters. The van der Waals surface area contributed by atoms with E-state index in [-0.39, 0.29) is 5.54 Å². The van der Waals surface area contributed by atoms with Gasteiger partial charge in [0.25, 0.3) is 0 Å². The molecule has 160 valence electrons. The molecule has 2 aliphatic carbocycles. The van der Waals surface area contributed by atoms with Crippen LogP contribution in [0.4, 0.5) is 5.82 Å². The highest BCUT2D eigenvalue weighted by molar-refractivity contribution is 14.1. The normalized spacial score (nSPS) is 17.9. The predicted molar refractivity (Wildman–Crippen MR) is 130 cm³/mol. The molecule has 2 aliphatic rings. The Bertz CT molecular complexity index is 1070. The zero-order valence-electron chi connectivity index (χ0n) is 17.4. The number of nitrogens with two attached hydrogens (primary N) is 1. The molecule has 30 heavy (non-hydrogen) atoms. The van der Waals surface area contributed by atoms with Gasteiger partial charge in [0.15, 0.2) is 22.1 Å². The van der Waals surface area contributed by atoms with E-state index in [1.54, 1.807) is 11.8 Å². The number of anilines is 1. The summed E-state index contributed by atoms with van der Waals surface area (Å²) in [5, 5.41) is 14.8. The highest BCUT2D eigenvalue weighted by Crippen LogP contribution is 2.44. The Hall–Kier alpha value is -1.43. The molecule has 0 amide bonds. The molecule has 0 spiro atoms. The van der Waals surface area contributed by atoms with Crippen molar-refractivity contribution >= 4 is 51.3 Å². The summed E-state index contributed by atoms with van der Waals surface area (Å²) in [6.07, 6.45) is 8.71. The molecule has 0 fully saturated rings. The van der Waals surface area contributed by atoms with Crippen LogP contribution < -0.4 is 11.1 Å². The van der Waals surface area contributed by atoms with E-state index < -0.39 is 6.10 Å². The van der Waals surface area contributed by atoms with E-state index in [2.05, 4.69) is 70.8 Å². The maximum atomic E-state index is 10.7. The number of allylic oxidation sites excluding steroid dienone is 5. The van der Waals surface area contributed by atoms with Gasteiger partial charge >= 0.3 is 0 Å². The molecule has 2 heterocycles. The Labute approximate surface area is 194 Å². The number of nitrogens with one attached hydrogen (secondary N) is 1. The van der Waals surface area contributed by atoms with Crippen LogP contribution in [0.3, 0.4) is 0 Å². The summed E-state index contributed by atoms with van der Waals surface area (Å²) in [5.74, 6) is 0.356. The topological polar surface area (TPSA) is 102 Å². The Morgan fingerprint density at radius 3 is 2.90 bits per heavy atom. The molecule has 2 aromatic heterocycles. The summed E-state index contributed by atoms with van der Waals surface area (Å²) < 4.78 is 3.27. The van der Waals surface area contributed by atoms with Crippen molar-refractivity contribution in [1.82, 2.24) is 24.8 Å². The summed E-state index contributed by atoms with van der Waals surface area (Å²) in [6.45, 7) is 7.10. The van der Waals surface area contributed by atoms with E-state index in [9.17, 15) is 5.11 Å². The van der Waals surface area contributed by atoms with Crippen LogP contribution in [0.15, 0.2) is 43.3 Å². The Kier molecular flexibility index (Phi) is 6.25. The fourth-order valence-electron chi connectivity index (χ4n) is 3.59. The third-order valence-corrected chi connectivity index (χ3v) is 7.53.